The fraction of sp³-hybridized carbons (Fsp3) is 0.200. The topological polar surface area (TPSA) is 112 Å². The number of carbonyl (C=O) groups is 2. The third-order valence-electron chi connectivity index (χ3n) is 8.07. The first-order valence-electron chi connectivity index (χ1n) is 14.4. The van der Waals surface area contributed by atoms with Crippen molar-refractivity contribution in [3.63, 3.8) is 0 Å². The van der Waals surface area contributed by atoms with E-state index in [-0.39, 0.29) is 23.3 Å². The lowest BCUT2D eigenvalue weighted by molar-refractivity contribution is -0.139. The number of benzene rings is 3. The molecule has 45 heavy (non-hydrogen) atoms. The molecule has 3 aromatic carbocycles. The van der Waals surface area contributed by atoms with Gasteiger partial charge in [-0.15, -0.1) is 0 Å². The van der Waals surface area contributed by atoms with E-state index in [4.69, 9.17) is 14.5 Å². The van der Waals surface area contributed by atoms with E-state index in [0.717, 1.165) is 33.4 Å². The highest BCUT2D eigenvalue weighted by Gasteiger charge is 2.36. The lowest BCUT2D eigenvalue weighted by Crippen LogP contribution is -2.40. The van der Waals surface area contributed by atoms with Crippen molar-refractivity contribution in [1.82, 2.24) is 9.13 Å². The minimum Gasteiger partial charge on any atom is -0.496 e. The maximum atomic E-state index is 14.3. The summed E-state index contributed by atoms with van der Waals surface area (Å²) in [4.78, 5) is 44.4. The molecular weight excluding hydrogens is 590 g/mol. The van der Waals surface area contributed by atoms with Crippen LogP contribution in [0.3, 0.4) is 0 Å². The number of carbonyl (C=O) groups excluding carboxylic acids is 1. The van der Waals surface area contributed by atoms with Crippen LogP contribution in [0.5, 0.6) is 5.75 Å². The van der Waals surface area contributed by atoms with Crippen LogP contribution < -0.4 is 19.6 Å². The van der Waals surface area contributed by atoms with Gasteiger partial charge in [-0.05, 0) is 86.5 Å². The second kappa shape index (κ2) is 11.7. The van der Waals surface area contributed by atoms with E-state index >= 15 is 0 Å². The number of carboxylic acids is 1. The predicted octanol–water partition coefficient (Wildman–Crippen LogP) is 5.07. The number of methoxy groups -OCH3 is 1. The predicted molar refractivity (Wildman–Crippen MR) is 173 cm³/mol. The number of rotatable bonds is 7. The summed E-state index contributed by atoms with van der Waals surface area (Å²) in [6.45, 7) is 7.59. The SMILES string of the molecule is CCOC(=O)C1=C(C)N=c2s/c(=C/c3cc(C)n(-c4ccc(C(=O)O)cc4)c3C)c(=O)n2[C@H]1c1c(OC)ccc2ccccc12. The molecule has 0 aliphatic carbocycles. The summed E-state index contributed by atoms with van der Waals surface area (Å²) in [7, 11) is 1.57. The molecule has 6 rings (SSSR count). The Bertz CT molecular complexity index is 2220. The van der Waals surface area contributed by atoms with Gasteiger partial charge in [0.25, 0.3) is 5.56 Å². The minimum atomic E-state index is -0.987. The number of ether oxygens (including phenoxy) is 2. The molecule has 0 bridgehead atoms. The Labute approximate surface area is 262 Å². The van der Waals surface area contributed by atoms with E-state index in [9.17, 15) is 19.5 Å². The van der Waals surface area contributed by atoms with Crippen molar-refractivity contribution >= 4 is 40.1 Å². The molecule has 0 spiro atoms. The Hall–Kier alpha value is -5.22. The van der Waals surface area contributed by atoms with Crippen LogP contribution in [0, 0.1) is 13.8 Å². The number of aromatic carboxylic acids is 1. The lowest BCUT2D eigenvalue weighted by Gasteiger charge is -2.27. The molecule has 0 fully saturated rings. The van der Waals surface area contributed by atoms with Crippen molar-refractivity contribution in [2.45, 2.75) is 33.7 Å². The van der Waals surface area contributed by atoms with Crippen molar-refractivity contribution < 1.29 is 24.2 Å². The zero-order chi connectivity index (χ0) is 32.0. The van der Waals surface area contributed by atoms with E-state index in [1.807, 2.05) is 67.0 Å². The van der Waals surface area contributed by atoms with Gasteiger partial charge < -0.3 is 19.1 Å². The number of hydrogen-bond acceptors (Lipinski definition) is 7. The number of aryl methyl sites for hydroxylation is 1. The van der Waals surface area contributed by atoms with Crippen molar-refractivity contribution in [3.05, 3.63) is 126 Å². The van der Waals surface area contributed by atoms with E-state index in [2.05, 4.69) is 0 Å². The average Bonchev–Trinajstić information content (AvgIpc) is 3.48. The Morgan fingerprint density at radius 1 is 1.04 bits per heavy atom. The lowest BCUT2D eigenvalue weighted by atomic mass is 9.90. The number of esters is 1. The maximum Gasteiger partial charge on any atom is 0.338 e. The molecule has 0 saturated carbocycles. The second-order valence-electron chi connectivity index (χ2n) is 10.7. The number of nitrogens with zero attached hydrogens (tertiary/aromatic N) is 3. The molecule has 228 valence electrons. The van der Waals surface area contributed by atoms with Crippen LogP contribution in [0.2, 0.25) is 0 Å². The Balaban J connectivity index is 1.57. The summed E-state index contributed by atoms with van der Waals surface area (Å²) < 4.78 is 15.4. The van der Waals surface area contributed by atoms with Crippen molar-refractivity contribution in [2.24, 2.45) is 4.99 Å². The first kappa shape index (κ1) is 29.8. The van der Waals surface area contributed by atoms with Gasteiger partial charge in [-0.25, -0.2) is 14.6 Å². The van der Waals surface area contributed by atoms with Crippen molar-refractivity contribution in [1.29, 1.82) is 0 Å². The Morgan fingerprint density at radius 2 is 1.78 bits per heavy atom. The molecule has 0 radical (unpaired) electrons. The van der Waals surface area contributed by atoms with Gasteiger partial charge in [-0.1, -0.05) is 41.7 Å². The van der Waals surface area contributed by atoms with Gasteiger partial charge in [0.2, 0.25) is 0 Å². The molecule has 0 unspecified atom stereocenters. The largest absolute Gasteiger partial charge is 0.496 e. The zero-order valence-electron chi connectivity index (χ0n) is 25.5. The van der Waals surface area contributed by atoms with Gasteiger partial charge >= 0.3 is 11.9 Å². The Morgan fingerprint density at radius 3 is 2.47 bits per heavy atom. The fourth-order valence-electron chi connectivity index (χ4n) is 6.03. The number of aromatic nitrogens is 2. The molecule has 1 aliphatic heterocycles. The number of allylic oxidation sites excluding steroid dienone is 1. The quantitative estimate of drug-likeness (QED) is 0.254. The molecule has 1 atom stereocenters. The molecule has 10 heteroatoms. The zero-order valence-corrected chi connectivity index (χ0v) is 26.3. The standard InChI is InChI=1S/C35H31N3O6S/c1-6-44-34(42)29-20(3)36-35-38(31(29)30-26-10-8-7-9-22(26)13-16-27(30)43-5)32(39)28(45-35)18-24-17-19(2)37(21(24)4)25-14-11-23(12-15-25)33(40)41/h7-18,31H,6H2,1-5H3,(H,40,41)/b28-18+/t31-/m1/s1. The second-order valence-corrected chi connectivity index (χ2v) is 11.7. The molecule has 1 N–H and O–H groups in total. The van der Waals surface area contributed by atoms with Crippen LogP contribution in [0.25, 0.3) is 22.5 Å². The fourth-order valence-corrected chi connectivity index (χ4v) is 7.06. The summed E-state index contributed by atoms with van der Waals surface area (Å²) in [5.74, 6) is -0.980. The summed E-state index contributed by atoms with van der Waals surface area (Å²) in [5, 5.41) is 11.1. The van der Waals surface area contributed by atoms with Crippen LogP contribution in [0.4, 0.5) is 0 Å². The van der Waals surface area contributed by atoms with Crippen molar-refractivity contribution in [3.8, 4) is 11.4 Å². The normalized spacial score (nSPS) is 14.8. The number of carboxylic acid groups (broad SMARTS) is 1. The summed E-state index contributed by atoms with van der Waals surface area (Å²) >= 11 is 1.26. The number of hydrogen-bond donors (Lipinski definition) is 1. The van der Waals surface area contributed by atoms with Crippen LogP contribution in [-0.4, -0.2) is 39.9 Å². The van der Waals surface area contributed by atoms with Gasteiger partial charge in [0.05, 0.1) is 35.1 Å². The number of thiazole rings is 1. The number of fused-ring (bicyclic) bond motifs is 2. The average molecular weight is 622 g/mol. The smallest absolute Gasteiger partial charge is 0.338 e. The first-order chi connectivity index (χ1) is 21.6. The van der Waals surface area contributed by atoms with Gasteiger partial charge in [0.1, 0.15) is 11.8 Å². The van der Waals surface area contributed by atoms with Crippen LogP contribution in [0.15, 0.2) is 87.8 Å². The highest BCUT2D eigenvalue weighted by atomic mass is 32.1. The Kier molecular flexibility index (Phi) is 7.76. The molecule has 9 nitrogen and oxygen atoms in total. The van der Waals surface area contributed by atoms with Crippen molar-refractivity contribution in [2.75, 3.05) is 13.7 Å². The summed E-state index contributed by atoms with van der Waals surface area (Å²) in [5.41, 5.74) is 4.82. The molecule has 1 aliphatic rings. The third-order valence-corrected chi connectivity index (χ3v) is 9.05. The van der Waals surface area contributed by atoms with E-state index < -0.39 is 18.0 Å². The maximum absolute atomic E-state index is 14.3. The summed E-state index contributed by atoms with van der Waals surface area (Å²) in [6, 6.07) is 19.4. The minimum absolute atomic E-state index is 0.175. The third kappa shape index (κ3) is 5.06. The highest BCUT2D eigenvalue weighted by molar-refractivity contribution is 7.07. The molecule has 3 heterocycles. The summed E-state index contributed by atoms with van der Waals surface area (Å²) in [6.07, 6.45) is 1.84. The van der Waals surface area contributed by atoms with E-state index in [1.165, 1.54) is 11.3 Å². The first-order valence-corrected chi connectivity index (χ1v) is 15.2. The molecule has 5 aromatic rings. The van der Waals surface area contributed by atoms with E-state index in [1.54, 1.807) is 49.8 Å². The van der Waals surface area contributed by atoms with Gasteiger partial charge in [-0.3, -0.25) is 9.36 Å². The molecule has 0 saturated heterocycles. The molecule has 2 aromatic heterocycles. The van der Waals surface area contributed by atoms with E-state index in [0.29, 0.717) is 26.3 Å². The highest BCUT2D eigenvalue weighted by Crippen LogP contribution is 2.40. The van der Waals surface area contributed by atoms with Crippen LogP contribution in [0.1, 0.15) is 52.8 Å². The van der Waals surface area contributed by atoms with Gasteiger partial charge in [0, 0.05) is 22.6 Å². The van der Waals surface area contributed by atoms with Crippen LogP contribution >= 0.6 is 11.3 Å². The van der Waals surface area contributed by atoms with Gasteiger partial charge in [0.15, 0.2) is 4.80 Å². The molecular formula is C35H31N3O6S. The van der Waals surface area contributed by atoms with Crippen LogP contribution in [-0.2, 0) is 9.53 Å². The monoisotopic (exact) mass is 621 g/mol. The van der Waals surface area contributed by atoms with Gasteiger partial charge in [-0.2, -0.15) is 0 Å². The molecule has 0 amide bonds.